The minimum atomic E-state index is -0.0700. The van der Waals surface area contributed by atoms with Crippen molar-refractivity contribution in [2.24, 2.45) is 0 Å². The number of carbonyl (C=O) groups is 1. The minimum absolute atomic E-state index is 0.0278. The van der Waals surface area contributed by atoms with Crippen LogP contribution in [-0.2, 0) is 14.3 Å². The van der Waals surface area contributed by atoms with Gasteiger partial charge in [-0.25, -0.2) is 0 Å². The molecular formula is C11H24O5. The van der Waals surface area contributed by atoms with Gasteiger partial charge in [-0.3, -0.25) is 4.79 Å². The first-order chi connectivity index (χ1) is 7.72. The first-order valence-corrected chi connectivity index (χ1v) is 5.67. The Morgan fingerprint density at radius 3 is 2.06 bits per heavy atom. The smallest absolute Gasteiger partial charge is 0.305 e. The molecule has 0 spiro atoms. The molecule has 0 atom stereocenters. The summed E-state index contributed by atoms with van der Waals surface area (Å²) in [5.74, 6) is -0.0700. The van der Waals surface area contributed by atoms with Crippen LogP contribution in [0.3, 0.4) is 0 Å². The molecule has 0 saturated heterocycles. The zero-order valence-corrected chi connectivity index (χ0v) is 10.3. The minimum Gasteiger partial charge on any atom is -0.466 e. The van der Waals surface area contributed by atoms with Gasteiger partial charge in [0.15, 0.2) is 0 Å². The Balaban J connectivity index is 0. The first kappa shape index (κ1) is 17.7. The lowest BCUT2D eigenvalue weighted by molar-refractivity contribution is -0.143. The van der Waals surface area contributed by atoms with E-state index in [1.54, 1.807) is 0 Å². The number of unbranched alkanes of at least 4 members (excludes halogenated alkanes) is 1. The van der Waals surface area contributed by atoms with Crippen LogP contribution in [0.5, 0.6) is 0 Å². The van der Waals surface area contributed by atoms with Crippen LogP contribution >= 0.6 is 0 Å². The quantitative estimate of drug-likeness (QED) is 0.480. The summed E-state index contributed by atoms with van der Waals surface area (Å²) in [6, 6.07) is 0. The summed E-state index contributed by atoms with van der Waals surface area (Å²) in [5, 5.41) is 16.2. The Hall–Kier alpha value is -0.650. The lowest BCUT2D eigenvalue weighted by Crippen LogP contribution is -2.03. The summed E-state index contributed by atoms with van der Waals surface area (Å²) in [4.78, 5) is 10.6. The van der Waals surface area contributed by atoms with Crippen LogP contribution in [0.25, 0.3) is 0 Å². The van der Waals surface area contributed by atoms with E-state index >= 15 is 0 Å². The van der Waals surface area contributed by atoms with E-state index < -0.39 is 0 Å². The van der Waals surface area contributed by atoms with Crippen molar-refractivity contribution in [1.29, 1.82) is 0 Å². The van der Waals surface area contributed by atoms with E-state index in [9.17, 15) is 4.79 Å². The predicted octanol–water partition coefficient (Wildman–Crippen LogP) is 0.727. The number of carbonyl (C=O) groups excluding carboxylic acids is 1. The van der Waals surface area contributed by atoms with E-state index in [0.717, 1.165) is 12.8 Å². The number of rotatable bonds is 8. The Bertz CT molecular complexity index is 134. The molecule has 0 aromatic carbocycles. The highest BCUT2D eigenvalue weighted by Crippen LogP contribution is 1.95. The fraction of sp³-hybridized carbons (Fsp3) is 0.909. The molecule has 0 radical (unpaired) electrons. The molecule has 0 fully saturated rings. The molecule has 2 N–H and O–H groups in total. The summed E-state index contributed by atoms with van der Waals surface area (Å²) >= 11 is 0. The van der Waals surface area contributed by atoms with Gasteiger partial charge in [-0.05, 0) is 13.3 Å². The lowest BCUT2D eigenvalue weighted by atomic mass is 10.3. The molecule has 0 rings (SSSR count). The van der Waals surface area contributed by atoms with Crippen molar-refractivity contribution in [1.82, 2.24) is 0 Å². The fourth-order valence-corrected chi connectivity index (χ4v) is 0.785. The Morgan fingerprint density at radius 2 is 1.69 bits per heavy atom. The highest BCUT2D eigenvalue weighted by molar-refractivity contribution is 5.69. The van der Waals surface area contributed by atoms with Crippen LogP contribution in [0, 0.1) is 0 Å². The molecule has 0 unspecified atom stereocenters. The van der Waals surface area contributed by atoms with Gasteiger partial charge in [0.25, 0.3) is 0 Å². The van der Waals surface area contributed by atoms with Gasteiger partial charge in [0, 0.05) is 6.42 Å². The van der Waals surface area contributed by atoms with E-state index in [4.69, 9.17) is 14.9 Å². The molecule has 98 valence electrons. The molecule has 0 aromatic heterocycles. The number of ether oxygens (including phenoxy) is 2. The average molecular weight is 236 g/mol. The normalized spacial score (nSPS) is 9.25. The number of aliphatic hydroxyl groups excluding tert-OH is 2. The van der Waals surface area contributed by atoms with Crippen LogP contribution in [0.1, 0.15) is 33.1 Å². The standard InChI is InChI=1S/C7H14O2.C4H10O3/c1-3-5-6-7(8)9-4-2;5-1-3-7-4-2-6/h3-6H2,1-2H3;5-6H,1-4H2. The van der Waals surface area contributed by atoms with E-state index in [1.807, 2.05) is 6.92 Å². The molecule has 0 saturated carbocycles. The number of esters is 1. The largest absolute Gasteiger partial charge is 0.466 e. The molecule has 0 bridgehead atoms. The third kappa shape index (κ3) is 19.0. The maximum atomic E-state index is 10.6. The highest BCUT2D eigenvalue weighted by Gasteiger charge is 1.97. The average Bonchev–Trinajstić information content (AvgIpc) is 2.28. The molecule has 0 aliphatic heterocycles. The summed E-state index contributed by atoms with van der Waals surface area (Å²) in [6.45, 7) is 5.08. The van der Waals surface area contributed by atoms with Crippen LogP contribution in [0.15, 0.2) is 0 Å². The van der Waals surface area contributed by atoms with Crippen molar-refractivity contribution < 1.29 is 24.5 Å². The van der Waals surface area contributed by atoms with E-state index in [1.165, 1.54) is 0 Å². The van der Waals surface area contributed by atoms with Crippen LogP contribution in [0.4, 0.5) is 0 Å². The highest BCUT2D eigenvalue weighted by atomic mass is 16.5. The summed E-state index contributed by atoms with van der Waals surface area (Å²) in [7, 11) is 0. The second-order valence-electron chi connectivity index (χ2n) is 2.97. The summed E-state index contributed by atoms with van der Waals surface area (Å²) < 4.78 is 9.34. The third-order valence-electron chi connectivity index (χ3n) is 1.51. The second kappa shape index (κ2) is 16.8. The van der Waals surface area contributed by atoms with E-state index in [2.05, 4.69) is 11.7 Å². The predicted molar refractivity (Wildman–Crippen MR) is 61.1 cm³/mol. The lowest BCUT2D eigenvalue weighted by Gasteiger charge is -1.97. The summed E-state index contributed by atoms with van der Waals surface area (Å²) in [5.41, 5.74) is 0. The Labute approximate surface area is 97.4 Å². The Kier molecular flexibility index (Phi) is 18.6. The summed E-state index contributed by atoms with van der Waals surface area (Å²) in [6.07, 6.45) is 2.57. The monoisotopic (exact) mass is 236 g/mol. The maximum Gasteiger partial charge on any atom is 0.305 e. The van der Waals surface area contributed by atoms with Gasteiger partial charge in [0.1, 0.15) is 0 Å². The first-order valence-electron chi connectivity index (χ1n) is 5.67. The van der Waals surface area contributed by atoms with Crippen LogP contribution in [-0.4, -0.2) is 49.2 Å². The number of hydrogen-bond acceptors (Lipinski definition) is 5. The number of hydrogen-bond donors (Lipinski definition) is 2. The molecule has 5 heteroatoms. The number of aliphatic hydroxyl groups is 2. The van der Waals surface area contributed by atoms with Crippen molar-refractivity contribution in [3.05, 3.63) is 0 Å². The van der Waals surface area contributed by atoms with Crippen LogP contribution in [0.2, 0.25) is 0 Å². The van der Waals surface area contributed by atoms with Crippen molar-refractivity contribution in [3.63, 3.8) is 0 Å². The molecule has 0 amide bonds. The van der Waals surface area contributed by atoms with Gasteiger partial charge in [0.2, 0.25) is 0 Å². The molecule has 0 aliphatic rings. The topological polar surface area (TPSA) is 76.0 Å². The zero-order valence-electron chi connectivity index (χ0n) is 10.3. The van der Waals surface area contributed by atoms with Gasteiger partial charge < -0.3 is 19.7 Å². The van der Waals surface area contributed by atoms with Crippen molar-refractivity contribution in [2.45, 2.75) is 33.1 Å². The van der Waals surface area contributed by atoms with Crippen molar-refractivity contribution in [3.8, 4) is 0 Å². The molecular weight excluding hydrogens is 212 g/mol. The molecule has 16 heavy (non-hydrogen) atoms. The zero-order chi connectivity index (χ0) is 12.6. The van der Waals surface area contributed by atoms with E-state index in [0.29, 0.717) is 26.2 Å². The fourth-order valence-electron chi connectivity index (χ4n) is 0.785. The maximum absolute atomic E-state index is 10.6. The molecule has 0 aliphatic carbocycles. The van der Waals surface area contributed by atoms with Crippen LogP contribution < -0.4 is 0 Å². The molecule has 5 nitrogen and oxygen atoms in total. The van der Waals surface area contributed by atoms with Crippen molar-refractivity contribution in [2.75, 3.05) is 33.0 Å². The van der Waals surface area contributed by atoms with E-state index in [-0.39, 0.29) is 19.2 Å². The van der Waals surface area contributed by atoms with Gasteiger partial charge in [0.05, 0.1) is 33.0 Å². The van der Waals surface area contributed by atoms with Gasteiger partial charge in [-0.1, -0.05) is 13.3 Å². The van der Waals surface area contributed by atoms with Gasteiger partial charge in [-0.2, -0.15) is 0 Å². The van der Waals surface area contributed by atoms with Gasteiger partial charge in [-0.15, -0.1) is 0 Å². The third-order valence-corrected chi connectivity index (χ3v) is 1.51. The Morgan fingerprint density at radius 1 is 1.12 bits per heavy atom. The SMILES string of the molecule is CCCCC(=O)OCC.OCCOCCO. The van der Waals surface area contributed by atoms with Gasteiger partial charge >= 0.3 is 5.97 Å². The second-order valence-corrected chi connectivity index (χ2v) is 2.97. The van der Waals surface area contributed by atoms with Crippen molar-refractivity contribution >= 4 is 5.97 Å². The molecule has 0 aromatic rings. The molecule has 0 heterocycles.